The van der Waals surface area contributed by atoms with Crippen LogP contribution in [-0.2, 0) is 4.79 Å². The van der Waals surface area contributed by atoms with Gasteiger partial charge in [-0.1, -0.05) is 23.8 Å². The Kier molecular flexibility index (Phi) is 4.48. The summed E-state index contributed by atoms with van der Waals surface area (Å²) in [4.78, 5) is 12.0. The molecule has 2 rings (SSSR count). The normalized spacial score (nSPS) is 10.2. The first kappa shape index (κ1) is 14.9. The number of hydrogen-bond donors (Lipinski definition) is 2. The molecular formula is C17H20N2O2. The highest BCUT2D eigenvalue weighted by atomic mass is 16.5. The van der Waals surface area contributed by atoms with E-state index in [-0.39, 0.29) is 12.5 Å². The molecule has 1 amide bonds. The number of carbonyl (C=O) groups excluding carboxylic acids is 1. The van der Waals surface area contributed by atoms with Crippen LogP contribution in [0.25, 0.3) is 0 Å². The van der Waals surface area contributed by atoms with Crippen LogP contribution in [0.5, 0.6) is 5.75 Å². The zero-order valence-corrected chi connectivity index (χ0v) is 12.6. The van der Waals surface area contributed by atoms with Gasteiger partial charge in [0.1, 0.15) is 5.75 Å². The maximum Gasteiger partial charge on any atom is 0.262 e. The third-order valence-electron chi connectivity index (χ3n) is 3.17. The Bertz CT molecular complexity index is 643. The van der Waals surface area contributed by atoms with E-state index in [1.165, 1.54) is 5.56 Å². The summed E-state index contributed by atoms with van der Waals surface area (Å²) in [7, 11) is 0. The molecule has 0 saturated heterocycles. The van der Waals surface area contributed by atoms with Crippen LogP contribution >= 0.6 is 0 Å². The van der Waals surface area contributed by atoms with Gasteiger partial charge < -0.3 is 15.8 Å². The second-order valence-corrected chi connectivity index (χ2v) is 5.18. The number of nitrogens with one attached hydrogen (secondary N) is 1. The summed E-state index contributed by atoms with van der Waals surface area (Å²) in [6.07, 6.45) is 0. The first-order chi connectivity index (χ1) is 9.95. The number of aryl methyl sites for hydroxylation is 3. The molecular weight excluding hydrogens is 264 g/mol. The second kappa shape index (κ2) is 6.31. The summed E-state index contributed by atoms with van der Waals surface area (Å²) < 4.78 is 5.43. The topological polar surface area (TPSA) is 64.3 Å². The molecule has 0 saturated carbocycles. The van der Waals surface area contributed by atoms with Crippen LogP contribution in [0.4, 0.5) is 11.4 Å². The van der Waals surface area contributed by atoms with Gasteiger partial charge in [0.15, 0.2) is 6.61 Å². The Morgan fingerprint density at radius 2 is 1.81 bits per heavy atom. The van der Waals surface area contributed by atoms with Gasteiger partial charge in [-0.05, 0) is 44.0 Å². The van der Waals surface area contributed by atoms with Crippen molar-refractivity contribution < 1.29 is 9.53 Å². The predicted molar refractivity (Wildman–Crippen MR) is 85.6 cm³/mol. The molecule has 21 heavy (non-hydrogen) atoms. The number of benzene rings is 2. The number of ether oxygens (including phenoxy) is 1. The van der Waals surface area contributed by atoms with Gasteiger partial charge in [0.2, 0.25) is 0 Å². The first-order valence-corrected chi connectivity index (χ1v) is 6.82. The molecule has 2 aromatic carbocycles. The summed E-state index contributed by atoms with van der Waals surface area (Å²) in [6.45, 7) is 5.95. The van der Waals surface area contributed by atoms with Gasteiger partial charge in [0, 0.05) is 17.4 Å². The van der Waals surface area contributed by atoms with Crippen LogP contribution in [0.3, 0.4) is 0 Å². The van der Waals surface area contributed by atoms with E-state index < -0.39 is 0 Å². The van der Waals surface area contributed by atoms with Crippen molar-refractivity contribution in [2.45, 2.75) is 20.8 Å². The van der Waals surface area contributed by atoms with Crippen LogP contribution in [0, 0.1) is 20.8 Å². The van der Waals surface area contributed by atoms with Gasteiger partial charge in [-0.15, -0.1) is 0 Å². The Morgan fingerprint density at radius 1 is 1.14 bits per heavy atom. The Balaban J connectivity index is 1.99. The fraction of sp³-hybridized carbons (Fsp3) is 0.235. The number of nitrogen functional groups attached to an aromatic ring is 1. The molecule has 0 aliphatic rings. The summed E-state index contributed by atoms with van der Waals surface area (Å²) in [6, 6.07) is 11.1. The van der Waals surface area contributed by atoms with Gasteiger partial charge in [0.25, 0.3) is 5.91 Å². The highest BCUT2D eigenvalue weighted by molar-refractivity contribution is 5.93. The molecule has 4 heteroatoms. The van der Waals surface area contributed by atoms with Crippen molar-refractivity contribution in [2.24, 2.45) is 0 Å². The third kappa shape index (κ3) is 3.99. The van der Waals surface area contributed by atoms with Gasteiger partial charge in [-0.25, -0.2) is 0 Å². The molecule has 0 unspecified atom stereocenters. The van der Waals surface area contributed by atoms with E-state index in [0.29, 0.717) is 11.4 Å². The molecule has 0 radical (unpaired) electrons. The van der Waals surface area contributed by atoms with Gasteiger partial charge in [-0.3, -0.25) is 4.79 Å². The van der Waals surface area contributed by atoms with E-state index in [9.17, 15) is 4.79 Å². The highest BCUT2D eigenvalue weighted by Gasteiger charge is 2.09. The lowest BCUT2D eigenvalue weighted by Gasteiger charge is -2.13. The van der Waals surface area contributed by atoms with Crippen molar-refractivity contribution in [1.29, 1.82) is 0 Å². The van der Waals surface area contributed by atoms with E-state index in [1.54, 1.807) is 24.3 Å². The fourth-order valence-corrected chi connectivity index (χ4v) is 2.31. The van der Waals surface area contributed by atoms with E-state index in [2.05, 4.69) is 5.32 Å². The van der Waals surface area contributed by atoms with E-state index >= 15 is 0 Å². The smallest absolute Gasteiger partial charge is 0.262 e. The summed E-state index contributed by atoms with van der Waals surface area (Å²) in [5, 5.41) is 2.90. The number of rotatable bonds is 4. The average Bonchev–Trinajstić information content (AvgIpc) is 2.40. The van der Waals surface area contributed by atoms with Crippen LogP contribution in [0.2, 0.25) is 0 Å². The lowest BCUT2D eigenvalue weighted by molar-refractivity contribution is -0.118. The summed E-state index contributed by atoms with van der Waals surface area (Å²) >= 11 is 0. The highest BCUT2D eigenvalue weighted by Crippen LogP contribution is 2.22. The van der Waals surface area contributed by atoms with E-state index in [0.717, 1.165) is 16.8 Å². The molecule has 0 heterocycles. The Morgan fingerprint density at radius 3 is 2.43 bits per heavy atom. The zero-order chi connectivity index (χ0) is 15.4. The molecule has 0 aliphatic carbocycles. The number of amides is 1. The second-order valence-electron chi connectivity index (χ2n) is 5.18. The standard InChI is InChI=1S/C17H20N2O2/c1-11-7-12(2)17(13(3)8-11)19-16(20)10-21-15-6-4-5-14(18)9-15/h4-9H,10,18H2,1-3H3,(H,19,20). The lowest BCUT2D eigenvalue weighted by atomic mass is 10.1. The number of hydrogen-bond acceptors (Lipinski definition) is 3. The number of carbonyl (C=O) groups is 1. The van der Waals surface area contributed by atoms with Crippen LogP contribution < -0.4 is 15.8 Å². The van der Waals surface area contributed by atoms with Gasteiger partial charge >= 0.3 is 0 Å². The largest absolute Gasteiger partial charge is 0.484 e. The molecule has 2 aromatic rings. The van der Waals surface area contributed by atoms with Crippen molar-refractivity contribution in [3.63, 3.8) is 0 Å². The molecule has 0 atom stereocenters. The molecule has 0 bridgehead atoms. The number of nitrogens with two attached hydrogens (primary N) is 1. The Labute approximate surface area is 124 Å². The van der Waals surface area contributed by atoms with Gasteiger partial charge in [-0.2, -0.15) is 0 Å². The van der Waals surface area contributed by atoms with E-state index in [4.69, 9.17) is 10.5 Å². The van der Waals surface area contributed by atoms with Crippen LogP contribution in [0.1, 0.15) is 16.7 Å². The van der Waals surface area contributed by atoms with Crippen molar-refractivity contribution in [1.82, 2.24) is 0 Å². The van der Waals surface area contributed by atoms with Crippen molar-refractivity contribution >= 4 is 17.3 Å². The quantitative estimate of drug-likeness (QED) is 0.847. The van der Waals surface area contributed by atoms with Gasteiger partial charge in [0.05, 0.1) is 0 Å². The zero-order valence-electron chi connectivity index (χ0n) is 12.6. The number of anilines is 2. The minimum atomic E-state index is -0.188. The van der Waals surface area contributed by atoms with Crippen LogP contribution in [0.15, 0.2) is 36.4 Å². The molecule has 3 N–H and O–H groups in total. The summed E-state index contributed by atoms with van der Waals surface area (Å²) in [5.41, 5.74) is 10.4. The summed E-state index contributed by atoms with van der Waals surface area (Å²) in [5.74, 6) is 0.398. The predicted octanol–water partition coefficient (Wildman–Crippen LogP) is 3.21. The first-order valence-electron chi connectivity index (χ1n) is 6.82. The van der Waals surface area contributed by atoms with E-state index in [1.807, 2.05) is 32.9 Å². The maximum atomic E-state index is 12.0. The van der Waals surface area contributed by atoms with Crippen LogP contribution in [-0.4, -0.2) is 12.5 Å². The molecule has 0 fully saturated rings. The minimum Gasteiger partial charge on any atom is -0.484 e. The maximum absolute atomic E-state index is 12.0. The monoisotopic (exact) mass is 284 g/mol. The third-order valence-corrected chi connectivity index (χ3v) is 3.17. The average molecular weight is 284 g/mol. The van der Waals surface area contributed by atoms with Crippen molar-refractivity contribution in [2.75, 3.05) is 17.7 Å². The minimum absolute atomic E-state index is 0.0454. The lowest BCUT2D eigenvalue weighted by Crippen LogP contribution is -2.21. The van der Waals surface area contributed by atoms with Crippen molar-refractivity contribution in [3.8, 4) is 5.75 Å². The molecule has 0 aromatic heterocycles. The molecule has 4 nitrogen and oxygen atoms in total. The molecule has 0 aliphatic heterocycles. The SMILES string of the molecule is Cc1cc(C)c(NC(=O)COc2cccc(N)c2)c(C)c1. The molecule has 110 valence electrons. The van der Waals surface area contributed by atoms with Crippen molar-refractivity contribution in [3.05, 3.63) is 53.1 Å². The Hall–Kier alpha value is -2.49. The molecule has 0 spiro atoms. The fourth-order valence-electron chi connectivity index (χ4n) is 2.31.